The van der Waals surface area contributed by atoms with Crippen LogP contribution in [0.2, 0.25) is 0 Å². The zero-order valence-electron chi connectivity index (χ0n) is 10.0. The van der Waals surface area contributed by atoms with E-state index in [2.05, 4.69) is 10.3 Å². The van der Waals surface area contributed by atoms with Gasteiger partial charge in [-0.05, 0) is 13.8 Å². The molecule has 3 N–H and O–H groups in total. The summed E-state index contributed by atoms with van der Waals surface area (Å²) in [6, 6.07) is 0.0433. The molecule has 17 heavy (non-hydrogen) atoms. The topological polar surface area (TPSA) is 70.7 Å². The van der Waals surface area contributed by atoms with Gasteiger partial charge in [-0.25, -0.2) is 4.99 Å². The number of carbonyl (C=O) groups excluding carboxylic acids is 1. The fourth-order valence-electron chi connectivity index (χ4n) is 0.972. The van der Waals surface area contributed by atoms with Crippen molar-refractivity contribution in [3.8, 4) is 0 Å². The van der Waals surface area contributed by atoms with Crippen molar-refractivity contribution in [1.29, 1.82) is 0 Å². The van der Waals surface area contributed by atoms with Crippen molar-refractivity contribution >= 4 is 11.9 Å². The predicted molar refractivity (Wildman–Crippen MR) is 58.5 cm³/mol. The number of hydrogen-bond acceptors (Lipinski definition) is 2. The van der Waals surface area contributed by atoms with Gasteiger partial charge in [0.2, 0.25) is 5.91 Å². The number of aliphatic imine (C=N–C) groups is 1. The number of likely N-dealkylation sites (N-methyl/N-ethyl adjacent to an activating group) is 1. The second kappa shape index (κ2) is 6.31. The third-order valence-electron chi connectivity index (χ3n) is 1.66. The number of nitrogens with one attached hydrogen (secondary N) is 1. The van der Waals surface area contributed by atoms with E-state index in [-0.39, 0.29) is 12.0 Å². The van der Waals surface area contributed by atoms with Crippen LogP contribution in [0.3, 0.4) is 0 Å². The number of hydrogen-bond donors (Lipinski definition) is 2. The molecule has 0 fully saturated rings. The molecule has 0 aliphatic heterocycles. The molecular formula is C9H17F3N4O. The van der Waals surface area contributed by atoms with Crippen molar-refractivity contribution in [1.82, 2.24) is 10.2 Å². The minimum absolute atomic E-state index is 0.0359. The van der Waals surface area contributed by atoms with Gasteiger partial charge in [-0.15, -0.1) is 0 Å². The molecule has 0 aliphatic carbocycles. The maximum absolute atomic E-state index is 12.0. The van der Waals surface area contributed by atoms with Gasteiger partial charge in [-0.3, -0.25) is 4.79 Å². The maximum atomic E-state index is 12.0. The van der Waals surface area contributed by atoms with Crippen molar-refractivity contribution in [3.05, 3.63) is 0 Å². The van der Waals surface area contributed by atoms with Gasteiger partial charge in [-0.1, -0.05) is 0 Å². The minimum Gasteiger partial charge on any atom is -0.370 e. The highest BCUT2D eigenvalue weighted by Gasteiger charge is 2.30. The van der Waals surface area contributed by atoms with Gasteiger partial charge >= 0.3 is 6.18 Å². The largest absolute Gasteiger partial charge is 0.406 e. The Bertz CT molecular complexity index is 288. The summed E-state index contributed by atoms with van der Waals surface area (Å²) in [5, 5.41) is 2.72. The Labute approximate surface area is 97.9 Å². The van der Waals surface area contributed by atoms with E-state index in [1.807, 2.05) is 13.8 Å². The highest BCUT2D eigenvalue weighted by Crippen LogP contribution is 2.15. The Morgan fingerprint density at radius 1 is 1.47 bits per heavy atom. The van der Waals surface area contributed by atoms with E-state index in [9.17, 15) is 18.0 Å². The summed E-state index contributed by atoms with van der Waals surface area (Å²) in [5.74, 6) is -0.704. The average Bonchev–Trinajstić information content (AvgIpc) is 2.10. The SMILES string of the molecule is CC(C)NC(N)=NCC(=O)N(C)CC(F)(F)F. The van der Waals surface area contributed by atoms with Crippen LogP contribution in [0.15, 0.2) is 4.99 Å². The molecule has 0 saturated heterocycles. The first kappa shape index (κ1) is 15.5. The summed E-state index contributed by atoms with van der Waals surface area (Å²) in [6.45, 7) is 1.94. The molecule has 100 valence electrons. The first-order valence-electron chi connectivity index (χ1n) is 4.99. The first-order valence-corrected chi connectivity index (χ1v) is 4.99. The Morgan fingerprint density at radius 2 is 2.00 bits per heavy atom. The molecule has 0 atom stereocenters. The molecule has 0 aromatic heterocycles. The second-order valence-electron chi connectivity index (χ2n) is 3.87. The van der Waals surface area contributed by atoms with Gasteiger partial charge in [0.05, 0.1) is 0 Å². The number of guanidine groups is 1. The molecule has 0 heterocycles. The number of rotatable bonds is 4. The molecule has 5 nitrogen and oxygen atoms in total. The summed E-state index contributed by atoms with van der Waals surface area (Å²) in [5.41, 5.74) is 5.40. The van der Waals surface area contributed by atoms with Crippen molar-refractivity contribution in [2.45, 2.75) is 26.1 Å². The smallest absolute Gasteiger partial charge is 0.370 e. The van der Waals surface area contributed by atoms with Gasteiger partial charge in [0.15, 0.2) is 5.96 Å². The lowest BCUT2D eigenvalue weighted by Crippen LogP contribution is -2.40. The quantitative estimate of drug-likeness (QED) is 0.560. The lowest BCUT2D eigenvalue weighted by atomic mass is 10.4. The van der Waals surface area contributed by atoms with E-state index >= 15 is 0 Å². The zero-order chi connectivity index (χ0) is 13.6. The number of alkyl halides is 3. The molecule has 0 aromatic rings. The number of amides is 1. The van der Waals surface area contributed by atoms with Crippen molar-refractivity contribution in [3.63, 3.8) is 0 Å². The Kier molecular flexibility index (Phi) is 5.77. The highest BCUT2D eigenvalue weighted by atomic mass is 19.4. The molecular weight excluding hydrogens is 237 g/mol. The van der Waals surface area contributed by atoms with E-state index < -0.39 is 25.2 Å². The van der Waals surface area contributed by atoms with Gasteiger partial charge in [0.25, 0.3) is 0 Å². The van der Waals surface area contributed by atoms with Gasteiger partial charge in [0, 0.05) is 13.1 Å². The summed E-state index contributed by atoms with van der Waals surface area (Å²) >= 11 is 0. The van der Waals surface area contributed by atoms with Crippen LogP contribution in [0, 0.1) is 0 Å². The summed E-state index contributed by atoms with van der Waals surface area (Å²) < 4.78 is 35.9. The molecule has 0 saturated carbocycles. The van der Waals surface area contributed by atoms with E-state index in [0.29, 0.717) is 4.90 Å². The molecule has 0 unspecified atom stereocenters. The normalized spacial score (nSPS) is 12.8. The van der Waals surface area contributed by atoms with Crippen LogP contribution in [0.4, 0.5) is 13.2 Å². The third-order valence-corrected chi connectivity index (χ3v) is 1.66. The van der Waals surface area contributed by atoms with Gasteiger partial charge in [0.1, 0.15) is 13.1 Å². The van der Waals surface area contributed by atoms with E-state index in [0.717, 1.165) is 7.05 Å². The standard InChI is InChI=1S/C9H17F3N4O/c1-6(2)15-8(13)14-4-7(17)16(3)5-9(10,11)12/h6H,4-5H2,1-3H3,(H3,13,14,15). The fraction of sp³-hybridized carbons (Fsp3) is 0.778. The van der Waals surface area contributed by atoms with Gasteiger partial charge in [-0.2, -0.15) is 13.2 Å². The summed E-state index contributed by atoms with van der Waals surface area (Å²) in [4.78, 5) is 15.4. The molecule has 1 amide bonds. The lowest BCUT2D eigenvalue weighted by molar-refractivity contribution is -0.157. The zero-order valence-corrected chi connectivity index (χ0v) is 10.0. The van der Waals surface area contributed by atoms with Crippen molar-refractivity contribution in [2.24, 2.45) is 10.7 Å². The van der Waals surface area contributed by atoms with Crippen molar-refractivity contribution in [2.75, 3.05) is 20.1 Å². The van der Waals surface area contributed by atoms with Crippen LogP contribution in [0.1, 0.15) is 13.8 Å². The number of nitrogens with zero attached hydrogens (tertiary/aromatic N) is 2. The average molecular weight is 254 g/mol. The molecule has 8 heteroatoms. The summed E-state index contributed by atoms with van der Waals surface area (Å²) in [7, 11) is 1.07. The molecule has 0 radical (unpaired) electrons. The molecule has 0 bridgehead atoms. The molecule has 0 spiro atoms. The fourth-order valence-corrected chi connectivity index (χ4v) is 0.972. The van der Waals surface area contributed by atoms with Crippen LogP contribution in [0.25, 0.3) is 0 Å². The summed E-state index contributed by atoms with van der Waals surface area (Å²) in [6.07, 6.45) is -4.41. The van der Waals surface area contributed by atoms with E-state index in [1.165, 1.54) is 0 Å². The van der Waals surface area contributed by atoms with Crippen LogP contribution < -0.4 is 11.1 Å². The Hall–Kier alpha value is -1.47. The molecule has 0 aliphatic rings. The monoisotopic (exact) mass is 254 g/mol. The van der Waals surface area contributed by atoms with Crippen LogP contribution in [0.5, 0.6) is 0 Å². The number of nitrogens with two attached hydrogens (primary N) is 1. The minimum atomic E-state index is -4.41. The van der Waals surface area contributed by atoms with Crippen LogP contribution in [-0.2, 0) is 4.79 Å². The highest BCUT2D eigenvalue weighted by molar-refractivity contribution is 5.84. The van der Waals surface area contributed by atoms with E-state index in [1.54, 1.807) is 0 Å². The van der Waals surface area contributed by atoms with Crippen molar-refractivity contribution < 1.29 is 18.0 Å². The Balaban J connectivity index is 4.18. The van der Waals surface area contributed by atoms with Crippen LogP contribution >= 0.6 is 0 Å². The van der Waals surface area contributed by atoms with Gasteiger partial charge < -0.3 is 16.0 Å². The lowest BCUT2D eigenvalue weighted by Gasteiger charge is -2.18. The maximum Gasteiger partial charge on any atom is 0.406 e. The first-order chi connectivity index (χ1) is 7.61. The number of carbonyl (C=O) groups is 1. The molecule has 0 rings (SSSR count). The van der Waals surface area contributed by atoms with Crippen LogP contribution in [-0.4, -0.2) is 49.1 Å². The second-order valence-corrected chi connectivity index (χ2v) is 3.87. The Morgan fingerprint density at radius 3 is 2.41 bits per heavy atom. The number of halogens is 3. The predicted octanol–water partition coefficient (Wildman–Crippen LogP) is 0.320. The molecule has 0 aromatic carbocycles. The van der Waals surface area contributed by atoms with E-state index in [4.69, 9.17) is 5.73 Å². The third kappa shape index (κ3) is 8.35.